The zero-order valence-electron chi connectivity index (χ0n) is 17.5. The van der Waals surface area contributed by atoms with Crippen molar-refractivity contribution in [1.82, 2.24) is 0 Å². The summed E-state index contributed by atoms with van der Waals surface area (Å²) in [5.41, 5.74) is 6.85. The second kappa shape index (κ2) is 11.6. The molecule has 4 N–H and O–H groups in total. The van der Waals surface area contributed by atoms with Crippen molar-refractivity contribution in [3.8, 4) is 11.5 Å². The minimum Gasteiger partial charge on any atom is -0.497 e. The Morgan fingerprint density at radius 2 is 1.77 bits per heavy atom. The normalized spacial score (nSPS) is 13.0. The molecular weight excluding hydrogens is 414 g/mol. The van der Waals surface area contributed by atoms with E-state index in [9.17, 15) is 4.79 Å². The van der Waals surface area contributed by atoms with E-state index in [1.165, 1.54) is 12.4 Å². The summed E-state index contributed by atoms with van der Waals surface area (Å²) in [5.74, 6) is 0.590. The van der Waals surface area contributed by atoms with Crippen LogP contribution in [0, 0.1) is 5.41 Å². The fourth-order valence-electron chi connectivity index (χ4n) is 2.84. The van der Waals surface area contributed by atoms with Gasteiger partial charge in [-0.1, -0.05) is 30.3 Å². The first-order valence-electron chi connectivity index (χ1n) is 9.23. The Bertz CT molecular complexity index is 997. The van der Waals surface area contributed by atoms with Crippen molar-refractivity contribution >= 4 is 41.9 Å². The Morgan fingerprint density at radius 3 is 2.26 bits per heavy atom. The van der Waals surface area contributed by atoms with Crippen molar-refractivity contribution in [2.24, 2.45) is 15.1 Å². The van der Waals surface area contributed by atoms with Gasteiger partial charge in [-0.15, -0.1) is 0 Å². The van der Waals surface area contributed by atoms with Gasteiger partial charge in [0.25, 0.3) is 0 Å². The van der Waals surface area contributed by atoms with Crippen molar-refractivity contribution < 1.29 is 14.3 Å². The second-order valence-corrected chi connectivity index (χ2v) is 6.49. The van der Waals surface area contributed by atoms with Crippen molar-refractivity contribution in [3.63, 3.8) is 0 Å². The molecule has 1 atom stereocenters. The van der Waals surface area contributed by atoms with Crippen molar-refractivity contribution in [2.75, 3.05) is 26.6 Å². The van der Waals surface area contributed by atoms with E-state index in [1.54, 1.807) is 51.6 Å². The molecule has 8 nitrogen and oxygen atoms in total. The summed E-state index contributed by atoms with van der Waals surface area (Å²) in [5, 5.41) is 11.7. The molecule has 0 fully saturated rings. The van der Waals surface area contributed by atoms with Crippen LogP contribution in [-0.4, -0.2) is 44.7 Å². The third kappa shape index (κ3) is 5.95. The minimum absolute atomic E-state index is 0.0207. The molecule has 31 heavy (non-hydrogen) atoms. The number of ketones is 1. The van der Waals surface area contributed by atoms with Crippen LogP contribution in [0.5, 0.6) is 11.5 Å². The molecule has 2 aromatic rings. The van der Waals surface area contributed by atoms with E-state index >= 15 is 0 Å². The zero-order chi connectivity index (χ0) is 22.8. The summed E-state index contributed by atoms with van der Waals surface area (Å²) in [7, 11) is 4.63. The largest absolute Gasteiger partial charge is 0.497 e. The number of hydrogen-bond donors (Lipinski definition) is 4. The van der Waals surface area contributed by atoms with E-state index in [0.717, 1.165) is 0 Å². The lowest BCUT2D eigenvalue weighted by atomic mass is 9.95. The number of carbonyl (C=O) groups excluding carboxylic acids is 1. The molecular formula is C22H25N5O3S. The van der Waals surface area contributed by atoms with E-state index in [2.05, 4.69) is 27.5 Å². The second-order valence-electron chi connectivity index (χ2n) is 6.29. The number of hydrogen-bond acceptors (Lipinski definition) is 9. The van der Waals surface area contributed by atoms with Crippen LogP contribution in [0.4, 0.5) is 5.69 Å². The highest BCUT2D eigenvalue weighted by Gasteiger charge is 2.28. The molecule has 0 aromatic heterocycles. The highest BCUT2D eigenvalue weighted by Crippen LogP contribution is 2.29. The first kappa shape index (κ1) is 23.7. The maximum absolute atomic E-state index is 13.4. The van der Waals surface area contributed by atoms with Crippen molar-refractivity contribution in [1.29, 1.82) is 5.41 Å². The van der Waals surface area contributed by atoms with Crippen molar-refractivity contribution in [3.05, 3.63) is 65.9 Å². The Balaban J connectivity index is 2.48. The highest BCUT2D eigenvalue weighted by atomic mass is 32.1. The van der Waals surface area contributed by atoms with Gasteiger partial charge in [-0.3, -0.25) is 15.2 Å². The number of allylic oxidation sites excluding steroid dienone is 1. The fourth-order valence-corrected chi connectivity index (χ4v) is 3.05. The topological polar surface area (TPSA) is 122 Å². The molecule has 0 bridgehead atoms. The van der Waals surface area contributed by atoms with Crippen molar-refractivity contribution in [2.45, 2.75) is 6.04 Å². The monoisotopic (exact) mass is 439 g/mol. The van der Waals surface area contributed by atoms with Crippen LogP contribution in [0.3, 0.4) is 0 Å². The van der Waals surface area contributed by atoms with Gasteiger partial charge >= 0.3 is 0 Å². The zero-order valence-corrected chi connectivity index (χ0v) is 18.4. The molecule has 2 aromatic carbocycles. The number of nitrogens with one attached hydrogen (secondary N) is 2. The number of carbonyl (C=O) groups is 1. The molecule has 0 saturated carbocycles. The molecule has 0 radical (unpaired) electrons. The van der Waals surface area contributed by atoms with E-state index in [-0.39, 0.29) is 11.4 Å². The smallest absolute Gasteiger partial charge is 0.209 e. The maximum Gasteiger partial charge on any atom is 0.209 e. The molecule has 0 amide bonds. The SMILES string of the molecule is CN=CC(=CN)C(=NS)C(=N)C(=O)C(Nc1cc(OC)cc(OC)c1)c1ccccc1. The first-order valence-corrected chi connectivity index (χ1v) is 9.63. The lowest BCUT2D eigenvalue weighted by Gasteiger charge is -2.21. The molecule has 162 valence electrons. The van der Waals surface area contributed by atoms with Crippen LogP contribution >= 0.6 is 12.8 Å². The van der Waals surface area contributed by atoms with Gasteiger partial charge in [0.05, 0.1) is 14.2 Å². The fraction of sp³-hybridized carbons (Fsp3) is 0.182. The summed E-state index contributed by atoms with van der Waals surface area (Å²) in [4.78, 5) is 17.3. The molecule has 0 aliphatic rings. The third-order valence-corrected chi connectivity index (χ3v) is 4.56. The average Bonchev–Trinajstić information content (AvgIpc) is 2.81. The van der Waals surface area contributed by atoms with Gasteiger partial charge in [0.2, 0.25) is 5.78 Å². The number of benzene rings is 2. The molecule has 0 spiro atoms. The van der Waals surface area contributed by atoms with E-state index in [0.29, 0.717) is 28.3 Å². The summed E-state index contributed by atoms with van der Waals surface area (Å²) < 4.78 is 14.4. The molecule has 0 heterocycles. The predicted molar refractivity (Wildman–Crippen MR) is 128 cm³/mol. The third-order valence-electron chi connectivity index (χ3n) is 4.36. The summed E-state index contributed by atoms with van der Waals surface area (Å²) in [6, 6.07) is 13.4. The summed E-state index contributed by atoms with van der Waals surface area (Å²) >= 11 is 3.93. The lowest BCUT2D eigenvalue weighted by molar-refractivity contribution is -0.113. The van der Waals surface area contributed by atoms with Crippen LogP contribution in [0.1, 0.15) is 11.6 Å². The Kier molecular flexibility index (Phi) is 8.83. The van der Waals surface area contributed by atoms with Gasteiger partial charge in [-0.25, -0.2) is 4.40 Å². The van der Waals surface area contributed by atoms with E-state index in [4.69, 9.17) is 20.6 Å². The van der Waals surface area contributed by atoms with Crippen LogP contribution in [0.15, 0.2) is 69.7 Å². The number of aliphatic imine (C=N–C) groups is 1. The molecule has 1 unspecified atom stereocenters. The Morgan fingerprint density at radius 1 is 1.16 bits per heavy atom. The highest BCUT2D eigenvalue weighted by molar-refractivity contribution is 7.79. The number of Topliss-reactive ketones (excluding diaryl/α,β-unsaturated/α-hetero) is 1. The number of methoxy groups -OCH3 is 2. The lowest BCUT2D eigenvalue weighted by Crippen LogP contribution is -2.33. The van der Waals surface area contributed by atoms with Gasteiger partial charge in [0, 0.05) is 48.9 Å². The van der Waals surface area contributed by atoms with Crippen LogP contribution in [0.2, 0.25) is 0 Å². The number of nitrogens with zero attached hydrogens (tertiary/aromatic N) is 2. The number of anilines is 1. The predicted octanol–water partition coefficient (Wildman–Crippen LogP) is 3.27. The number of thiol groups is 1. The molecule has 2 rings (SSSR count). The van der Waals surface area contributed by atoms with E-state index < -0.39 is 11.8 Å². The minimum atomic E-state index is -0.881. The number of rotatable bonds is 10. The molecule has 9 heteroatoms. The summed E-state index contributed by atoms with van der Waals surface area (Å²) in [6.07, 6.45) is 2.64. The molecule has 0 saturated heterocycles. The van der Waals surface area contributed by atoms with Gasteiger partial charge in [0.1, 0.15) is 29.0 Å². The van der Waals surface area contributed by atoms with Gasteiger partial charge in [0.15, 0.2) is 0 Å². The van der Waals surface area contributed by atoms with Crippen LogP contribution < -0.4 is 20.5 Å². The average molecular weight is 440 g/mol. The maximum atomic E-state index is 13.4. The molecule has 0 aliphatic heterocycles. The number of nitrogens with two attached hydrogens (primary N) is 1. The van der Waals surface area contributed by atoms with Gasteiger partial charge in [-0.05, 0) is 18.4 Å². The van der Waals surface area contributed by atoms with Gasteiger partial charge in [-0.2, -0.15) is 0 Å². The number of ether oxygens (including phenoxy) is 2. The summed E-state index contributed by atoms with van der Waals surface area (Å²) in [6.45, 7) is 0. The standard InChI is InChI=1S/C22H25N5O3S/c1-25-13-15(12-23)20(27-31)19(24)22(28)21(14-7-5-4-6-8-14)26-16-9-17(29-2)11-18(10-16)30-3/h4-13,21,24,26,31H,23H2,1-3H3. The quantitative estimate of drug-likeness (QED) is 0.334. The van der Waals surface area contributed by atoms with E-state index in [1.807, 2.05) is 18.2 Å². The first-order chi connectivity index (χ1) is 15.0. The molecule has 0 aliphatic carbocycles. The van der Waals surface area contributed by atoms with Gasteiger partial charge < -0.3 is 20.5 Å². The Labute approximate surface area is 186 Å². The van der Waals surface area contributed by atoms with Crippen LogP contribution in [0.25, 0.3) is 0 Å². The Hall–Kier alpha value is -3.59. The van der Waals surface area contributed by atoms with Crippen LogP contribution in [-0.2, 0) is 4.79 Å².